The van der Waals surface area contributed by atoms with E-state index in [9.17, 15) is 13.5 Å². The molecule has 1 aliphatic rings. The van der Waals surface area contributed by atoms with Crippen molar-refractivity contribution in [2.75, 3.05) is 11.5 Å². The smallest absolute Gasteiger partial charge is 0.231 e. The average Bonchev–Trinajstić information content (AvgIpc) is 2.99. The van der Waals surface area contributed by atoms with Crippen LogP contribution in [0.1, 0.15) is 29.6 Å². The first-order valence-electron chi connectivity index (χ1n) is 6.33. The van der Waals surface area contributed by atoms with Crippen LogP contribution in [0.3, 0.4) is 0 Å². The molecule has 1 unspecified atom stereocenters. The van der Waals surface area contributed by atoms with Crippen molar-refractivity contribution in [1.29, 1.82) is 0 Å². The number of phenolic OH excluding ortho intramolecular Hbond substituents is 1. The maximum Gasteiger partial charge on any atom is 0.231 e. The molecule has 2 heterocycles. The summed E-state index contributed by atoms with van der Waals surface area (Å²) in [6.07, 6.45) is 0.872. The van der Waals surface area contributed by atoms with E-state index in [0.29, 0.717) is 30.1 Å². The predicted molar refractivity (Wildman–Crippen MR) is 71.2 cm³/mol. The highest BCUT2D eigenvalue weighted by Gasteiger charge is 2.32. The van der Waals surface area contributed by atoms with E-state index in [1.165, 1.54) is 0 Å². The first-order chi connectivity index (χ1) is 9.53. The van der Waals surface area contributed by atoms with Gasteiger partial charge in [-0.2, -0.15) is 4.98 Å². The average molecular weight is 294 g/mol. The van der Waals surface area contributed by atoms with E-state index in [2.05, 4.69) is 10.1 Å². The lowest BCUT2D eigenvalue weighted by atomic mass is 10.1. The highest BCUT2D eigenvalue weighted by molar-refractivity contribution is 7.91. The van der Waals surface area contributed by atoms with Gasteiger partial charge in [0.2, 0.25) is 5.89 Å². The fraction of sp³-hybridized carbons (Fsp3) is 0.385. The molecule has 1 atom stereocenters. The number of phenols is 1. The molecule has 1 N–H and O–H groups in total. The molecule has 20 heavy (non-hydrogen) atoms. The summed E-state index contributed by atoms with van der Waals surface area (Å²) in [5, 5.41) is 13.5. The molecule has 0 spiro atoms. The van der Waals surface area contributed by atoms with Gasteiger partial charge in [0, 0.05) is 11.5 Å². The van der Waals surface area contributed by atoms with Gasteiger partial charge in [-0.25, -0.2) is 8.42 Å². The Kier molecular flexibility index (Phi) is 3.21. The van der Waals surface area contributed by atoms with Crippen molar-refractivity contribution in [3.8, 4) is 5.75 Å². The standard InChI is InChI=1S/C13H14N2O4S/c16-11-4-2-1-3-9(11)7-12-14-13(15-19-12)10-5-6-20(17,18)8-10/h1-4,10,16H,5-8H2. The van der Waals surface area contributed by atoms with Crippen LogP contribution in [0.2, 0.25) is 0 Å². The number of rotatable bonds is 3. The molecule has 0 bridgehead atoms. The summed E-state index contributed by atoms with van der Waals surface area (Å²) in [5.41, 5.74) is 0.696. The minimum Gasteiger partial charge on any atom is -0.508 e. The fourth-order valence-electron chi connectivity index (χ4n) is 2.33. The van der Waals surface area contributed by atoms with Crippen LogP contribution in [0.4, 0.5) is 0 Å². The van der Waals surface area contributed by atoms with Gasteiger partial charge in [-0.1, -0.05) is 23.4 Å². The lowest BCUT2D eigenvalue weighted by Crippen LogP contribution is -2.05. The van der Waals surface area contributed by atoms with Gasteiger partial charge in [0.1, 0.15) is 5.75 Å². The summed E-state index contributed by atoms with van der Waals surface area (Å²) in [5.74, 6) is 1.09. The summed E-state index contributed by atoms with van der Waals surface area (Å²) in [4.78, 5) is 4.24. The molecule has 106 valence electrons. The largest absolute Gasteiger partial charge is 0.508 e. The monoisotopic (exact) mass is 294 g/mol. The van der Waals surface area contributed by atoms with Gasteiger partial charge < -0.3 is 9.63 Å². The molecular weight excluding hydrogens is 280 g/mol. The Labute approximate surface area is 116 Å². The van der Waals surface area contributed by atoms with Crippen molar-refractivity contribution in [3.63, 3.8) is 0 Å². The Morgan fingerprint density at radius 2 is 2.15 bits per heavy atom. The minimum absolute atomic E-state index is 0.0859. The maximum atomic E-state index is 11.4. The second kappa shape index (κ2) is 4.90. The van der Waals surface area contributed by atoms with Crippen LogP contribution in [0.25, 0.3) is 0 Å². The van der Waals surface area contributed by atoms with Gasteiger partial charge >= 0.3 is 0 Å². The Morgan fingerprint density at radius 1 is 1.35 bits per heavy atom. The SMILES string of the molecule is O=S1(=O)CCC(c2noc(Cc3ccccc3O)n2)C1. The number of benzene rings is 1. The Bertz CT molecular complexity index is 723. The summed E-state index contributed by atoms with van der Waals surface area (Å²) in [6.45, 7) is 0. The van der Waals surface area contributed by atoms with E-state index in [4.69, 9.17) is 4.52 Å². The van der Waals surface area contributed by atoms with Crippen molar-refractivity contribution in [3.05, 3.63) is 41.5 Å². The Balaban J connectivity index is 1.76. The van der Waals surface area contributed by atoms with Crippen molar-refractivity contribution >= 4 is 9.84 Å². The van der Waals surface area contributed by atoms with Crippen molar-refractivity contribution in [1.82, 2.24) is 10.1 Å². The topological polar surface area (TPSA) is 93.3 Å². The van der Waals surface area contributed by atoms with E-state index in [1.807, 2.05) is 6.07 Å². The molecular formula is C13H14N2O4S. The zero-order valence-corrected chi connectivity index (χ0v) is 11.5. The van der Waals surface area contributed by atoms with E-state index in [0.717, 1.165) is 0 Å². The molecule has 1 aromatic carbocycles. The lowest BCUT2D eigenvalue weighted by Gasteiger charge is -2.00. The number of nitrogens with zero attached hydrogens (tertiary/aromatic N) is 2. The van der Waals surface area contributed by atoms with E-state index < -0.39 is 9.84 Å². The molecule has 3 rings (SSSR count). The lowest BCUT2D eigenvalue weighted by molar-refractivity contribution is 0.374. The van der Waals surface area contributed by atoms with Crippen LogP contribution in [0.5, 0.6) is 5.75 Å². The normalized spacial score (nSPS) is 21.1. The first-order valence-corrected chi connectivity index (χ1v) is 8.15. The molecule has 2 aromatic rings. The molecule has 0 aliphatic carbocycles. The summed E-state index contributed by atoms with van der Waals surface area (Å²) >= 11 is 0. The molecule has 1 saturated heterocycles. The van der Waals surface area contributed by atoms with Crippen LogP contribution in [0.15, 0.2) is 28.8 Å². The number of aromatic hydroxyl groups is 1. The minimum atomic E-state index is -2.96. The third-order valence-electron chi connectivity index (χ3n) is 3.41. The molecule has 1 aliphatic heterocycles. The van der Waals surface area contributed by atoms with E-state index >= 15 is 0 Å². The van der Waals surface area contributed by atoms with Gasteiger partial charge in [-0.15, -0.1) is 0 Å². The van der Waals surface area contributed by atoms with Crippen molar-refractivity contribution < 1.29 is 18.0 Å². The van der Waals surface area contributed by atoms with Gasteiger partial charge in [0.15, 0.2) is 15.7 Å². The molecule has 7 heteroatoms. The highest BCUT2D eigenvalue weighted by Crippen LogP contribution is 2.27. The van der Waals surface area contributed by atoms with Crippen LogP contribution in [-0.2, 0) is 16.3 Å². The van der Waals surface area contributed by atoms with Gasteiger partial charge in [0.25, 0.3) is 0 Å². The molecule has 0 amide bonds. The quantitative estimate of drug-likeness (QED) is 0.916. The van der Waals surface area contributed by atoms with Gasteiger partial charge in [-0.3, -0.25) is 0 Å². The predicted octanol–water partition coefficient (Wildman–Crippen LogP) is 1.27. The van der Waals surface area contributed by atoms with Gasteiger partial charge in [-0.05, 0) is 12.5 Å². The maximum absolute atomic E-state index is 11.4. The molecule has 0 radical (unpaired) electrons. The molecule has 6 nitrogen and oxygen atoms in total. The third kappa shape index (κ3) is 2.67. The number of hydrogen-bond acceptors (Lipinski definition) is 6. The molecule has 1 fully saturated rings. The van der Waals surface area contributed by atoms with Gasteiger partial charge in [0.05, 0.1) is 17.9 Å². The summed E-state index contributed by atoms with van der Waals surface area (Å²) in [6, 6.07) is 6.92. The van der Waals surface area contributed by atoms with E-state index in [1.54, 1.807) is 18.2 Å². The second-order valence-electron chi connectivity index (χ2n) is 4.95. The van der Waals surface area contributed by atoms with Crippen LogP contribution in [0, 0.1) is 0 Å². The zero-order valence-electron chi connectivity index (χ0n) is 10.7. The Hall–Kier alpha value is -1.89. The second-order valence-corrected chi connectivity index (χ2v) is 7.18. The van der Waals surface area contributed by atoms with Crippen molar-refractivity contribution in [2.45, 2.75) is 18.8 Å². The molecule has 1 aromatic heterocycles. The zero-order chi connectivity index (χ0) is 14.2. The molecule has 0 saturated carbocycles. The van der Waals surface area contributed by atoms with Crippen LogP contribution < -0.4 is 0 Å². The summed E-state index contributed by atoms with van der Waals surface area (Å²) in [7, 11) is -2.96. The van der Waals surface area contributed by atoms with E-state index in [-0.39, 0.29) is 23.2 Å². The van der Waals surface area contributed by atoms with Crippen molar-refractivity contribution in [2.24, 2.45) is 0 Å². The summed E-state index contributed by atoms with van der Waals surface area (Å²) < 4.78 is 28.0. The van der Waals surface area contributed by atoms with Crippen LogP contribution in [-0.4, -0.2) is 35.2 Å². The Morgan fingerprint density at radius 3 is 2.85 bits per heavy atom. The highest BCUT2D eigenvalue weighted by atomic mass is 32.2. The first kappa shape index (κ1) is 13.1. The number of sulfone groups is 1. The third-order valence-corrected chi connectivity index (χ3v) is 5.18. The number of aromatic nitrogens is 2. The number of hydrogen-bond donors (Lipinski definition) is 1. The fourth-order valence-corrected chi connectivity index (χ4v) is 4.07. The van der Waals surface area contributed by atoms with Crippen LogP contribution >= 0.6 is 0 Å². The number of para-hydroxylation sites is 1.